The van der Waals surface area contributed by atoms with Crippen molar-refractivity contribution in [1.82, 2.24) is 0 Å². The minimum Gasteiger partial charge on any atom is -0.496 e. The smallest absolute Gasteiger partial charge is 0.122 e. The van der Waals surface area contributed by atoms with E-state index in [2.05, 4.69) is 25.1 Å². The van der Waals surface area contributed by atoms with Crippen molar-refractivity contribution in [2.45, 2.75) is 63.8 Å². The first-order valence-corrected chi connectivity index (χ1v) is 7.67. The van der Waals surface area contributed by atoms with E-state index in [-0.39, 0.29) is 18.4 Å². The predicted molar refractivity (Wildman–Crippen MR) is 88.0 cm³/mol. The molecule has 0 spiro atoms. The van der Waals surface area contributed by atoms with E-state index < -0.39 is 0 Å². The molecule has 1 atom stereocenters. The number of nitrogens with two attached hydrogens (primary N) is 1. The molecule has 0 saturated heterocycles. The topological polar surface area (TPSA) is 35.2 Å². The van der Waals surface area contributed by atoms with Gasteiger partial charge in [-0.05, 0) is 48.8 Å². The van der Waals surface area contributed by atoms with E-state index in [1.807, 2.05) is 0 Å². The van der Waals surface area contributed by atoms with Gasteiger partial charge in [-0.1, -0.05) is 38.3 Å². The highest BCUT2D eigenvalue weighted by Crippen LogP contribution is 2.34. The zero-order chi connectivity index (χ0) is 13.7. The molecule has 1 fully saturated rings. The summed E-state index contributed by atoms with van der Waals surface area (Å²) < 4.78 is 5.48. The molecular weight excluding hydrogens is 270 g/mol. The Hall–Kier alpha value is -0.730. The lowest BCUT2D eigenvalue weighted by Crippen LogP contribution is -2.21. The van der Waals surface area contributed by atoms with Gasteiger partial charge in [0.15, 0.2) is 0 Å². The second kappa shape index (κ2) is 8.53. The van der Waals surface area contributed by atoms with Crippen LogP contribution in [0.25, 0.3) is 0 Å². The molecule has 2 nitrogen and oxygen atoms in total. The molecule has 0 aliphatic heterocycles. The van der Waals surface area contributed by atoms with E-state index >= 15 is 0 Å². The Labute approximate surface area is 129 Å². The Kier molecular flexibility index (Phi) is 7.39. The molecule has 0 aromatic heterocycles. The number of halogens is 1. The summed E-state index contributed by atoms with van der Waals surface area (Å²) >= 11 is 0. The summed E-state index contributed by atoms with van der Waals surface area (Å²) in [5.74, 6) is 1.74. The molecule has 0 amide bonds. The van der Waals surface area contributed by atoms with E-state index in [0.717, 1.165) is 24.5 Å². The molecule has 1 saturated carbocycles. The highest BCUT2D eigenvalue weighted by Gasteiger charge is 2.17. The van der Waals surface area contributed by atoms with Crippen molar-refractivity contribution in [2.24, 2.45) is 5.73 Å². The lowest BCUT2D eigenvalue weighted by atomic mass is 9.83. The van der Waals surface area contributed by atoms with Gasteiger partial charge in [-0.15, -0.1) is 12.4 Å². The van der Waals surface area contributed by atoms with Gasteiger partial charge in [0.25, 0.3) is 0 Å². The molecule has 1 aliphatic carbocycles. The highest BCUT2D eigenvalue weighted by atomic mass is 35.5. The molecule has 2 rings (SSSR count). The maximum atomic E-state index is 6.10. The van der Waals surface area contributed by atoms with Gasteiger partial charge in [0.05, 0.1) is 7.11 Å². The molecule has 1 aliphatic rings. The van der Waals surface area contributed by atoms with Crippen LogP contribution in [0, 0.1) is 0 Å². The maximum Gasteiger partial charge on any atom is 0.122 e. The number of ether oxygens (including phenoxy) is 1. The van der Waals surface area contributed by atoms with Crippen LogP contribution in [0.2, 0.25) is 0 Å². The van der Waals surface area contributed by atoms with Crippen LogP contribution in [0.5, 0.6) is 5.75 Å². The number of rotatable bonds is 5. The molecule has 0 bridgehead atoms. The van der Waals surface area contributed by atoms with Crippen molar-refractivity contribution < 1.29 is 4.74 Å². The number of hydrogen-bond acceptors (Lipinski definition) is 2. The van der Waals surface area contributed by atoms with E-state index in [0.29, 0.717) is 0 Å². The van der Waals surface area contributed by atoms with Crippen LogP contribution in [0.15, 0.2) is 18.2 Å². The van der Waals surface area contributed by atoms with Gasteiger partial charge >= 0.3 is 0 Å². The molecule has 114 valence electrons. The van der Waals surface area contributed by atoms with Gasteiger partial charge in [0.2, 0.25) is 0 Å². The summed E-state index contributed by atoms with van der Waals surface area (Å²) in [6, 6.07) is 6.94. The summed E-state index contributed by atoms with van der Waals surface area (Å²) in [5, 5.41) is 0. The van der Waals surface area contributed by atoms with E-state index in [1.165, 1.54) is 43.2 Å². The van der Waals surface area contributed by atoms with Crippen LogP contribution >= 0.6 is 12.4 Å². The average molecular weight is 298 g/mol. The summed E-state index contributed by atoms with van der Waals surface area (Å²) in [4.78, 5) is 0. The fraction of sp³-hybridized carbons (Fsp3) is 0.647. The fourth-order valence-electron chi connectivity index (χ4n) is 3.07. The van der Waals surface area contributed by atoms with Crippen molar-refractivity contribution in [2.75, 3.05) is 7.11 Å². The molecule has 0 radical (unpaired) electrons. The molecule has 0 heterocycles. The molecule has 1 aromatic carbocycles. The Morgan fingerprint density at radius 3 is 2.55 bits per heavy atom. The van der Waals surface area contributed by atoms with Crippen LogP contribution in [-0.2, 0) is 6.42 Å². The minimum atomic E-state index is 0. The monoisotopic (exact) mass is 297 g/mol. The zero-order valence-electron chi connectivity index (χ0n) is 12.7. The lowest BCUT2D eigenvalue weighted by molar-refractivity contribution is 0.405. The summed E-state index contributed by atoms with van der Waals surface area (Å²) in [6.45, 7) is 2.14. The first kappa shape index (κ1) is 17.3. The first-order valence-electron chi connectivity index (χ1n) is 7.67. The van der Waals surface area contributed by atoms with Gasteiger partial charge in [-0.2, -0.15) is 0 Å². The maximum absolute atomic E-state index is 6.10. The summed E-state index contributed by atoms with van der Waals surface area (Å²) in [6.07, 6.45) is 8.76. The zero-order valence-corrected chi connectivity index (χ0v) is 13.5. The fourth-order valence-corrected chi connectivity index (χ4v) is 3.07. The molecule has 1 aromatic rings. The SMILES string of the molecule is CCC(N)Cc1cc(C2CCCCC2)ccc1OC.Cl. The van der Waals surface area contributed by atoms with Gasteiger partial charge in [0, 0.05) is 6.04 Å². The van der Waals surface area contributed by atoms with Gasteiger partial charge < -0.3 is 10.5 Å². The summed E-state index contributed by atoms with van der Waals surface area (Å²) in [7, 11) is 1.75. The van der Waals surface area contributed by atoms with Crippen LogP contribution in [0.1, 0.15) is 62.5 Å². The molecule has 1 unspecified atom stereocenters. The third-order valence-electron chi connectivity index (χ3n) is 4.39. The van der Waals surface area contributed by atoms with Crippen LogP contribution in [0.4, 0.5) is 0 Å². The predicted octanol–water partition coefficient (Wildman–Crippen LogP) is 4.44. The minimum absolute atomic E-state index is 0. The second-order valence-corrected chi connectivity index (χ2v) is 5.78. The largest absolute Gasteiger partial charge is 0.496 e. The Balaban J connectivity index is 0.00000200. The Morgan fingerprint density at radius 1 is 1.25 bits per heavy atom. The standard InChI is InChI=1S/C17H27NO.ClH/c1-3-16(18)12-15-11-14(9-10-17(15)19-2)13-7-5-4-6-8-13;/h9-11,13,16H,3-8,12,18H2,1-2H3;1H. The normalized spacial score (nSPS) is 17.4. The summed E-state index contributed by atoms with van der Waals surface area (Å²) in [5.41, 5.74) is 8.86. The van der Waals surface area contributed by atoms with E-state index in [4.69, 9.17) is 10.5 Å². The molecular formula is C17H28ClNO. The third kappa shape index (κ3) is 4.39. The van der Waals surface area contributed by atoms with Gasteiger partial charge in [-0.3, -0.25) is 0 Å². The van der Waals surface area contributed by atoms with E-state index in [1.54, 1.807) is 7.11 Å². The molecule has 3 heteroatoms. The van der Waals surface area contributed by atoms with Crippen molar-refractivity contribution in [3.63, 3.8) is 0 Å². The Bertz CT molecular complexity index is 402. The van der Waals surface area contributed by atoms with Gasteiger partial charge in [-0.25, -0.2) is 0 Å². The first-order chi connectivity index (χ1) is 9.24. The van der Waals surface area contributed by atoms with Crippen molar-refractivity contribution in [3.8, 4) is 5.75 Å². The lowest BCUT2D eigenvalue weighted by Gasteiger charge is -2.23. The number of hydrogen-bond donors (Lipinski definition) is 1. The van der Waals surface area contributed by atoms with E-state index in [9.17, 15) is 0 Å². The van der Waals surface area contributed by atoms with Crippen molar-refractivity contribution in [1.29, 1.82) is 0 Å². The molecule has 2 N–H and O–H groups in total. The van der Waals surface area contributed by atoms with Crippen LogP contribution in [0.3, 0.4) is 0 Å². The average Bonchev–Trinajstić information content (AvgIpc) is 2.48. The third-order valence-corrected chi connectivity index (χ3v) is 4.39. The molecule has 20 heavy (non-hydrogen) atoms. The van der Waals surface area contributed by atoms with Gasteiger partial charge in [0.1, 0.15) is 5.75 Å². The Morgan fingerprint density at radius 2 is 1.95 bits per heavy atom. The number of methoxy groups -OCH3 is 1. The number of benzene rings is 1. The quantitative estimate of drug-likeness (QED) is 0.872. The van der Waals surface area contributed by atoms with Crippen LogP contribution < -0.4 is 10.5 Å². The highest BCUT2D eigenvalue weighted by molar-refractivity contribution is 5.85. The van der Waals surface area contributed by atoms with Crippen molar-refractivity contribution in [3.05, 3.63) is 29.3 Å². The van der Waals surface area contributed by atoms with Crippen molar-refractivity contribution >= 4 is 12.4 Å². The second-order valence-electron chi connectivity index (χ2n) is 5.78. The van der Waals surface area contributed by atoms with Crippen LogP contribution in [-0.4, -0.2) is 13.2 Å².